The molecule has 0 heterocycles. The molecule has 1 unspecified atom stereocenters. The van der Waals surface area contributed by atoms with Gasteiger partial charge in [0.05, 0.1) is 0 Å². The van der Waals surface area contributed by atoms with Crippen LogP contribution >= 0.6 is 11.6 Å². The van der Waals surface area contributed by atoms with E-state index in [1.165, 1.54) is 24.3 Å². The van der Waals surface area contributed by atoms with Crippen molar-refractivity contribution in [1.29, 1.82) is 0 Å². The third kappa shape index (κ3) is 8.64. The van der Waals surface area contributed by atoms with Gasteiger partial charge in [-0.2, -0.15) is 0 Å². The average Bonchev–Trinajstić information content (AvgIpc) is 2.69. The van der Waals surface area contributed by atoms with Crippen LogP contribution in [0.2, 0.25) is 5.02 Å². The van der Waals surface area contributed by atoms with E-state index >= 15 is 0 Å². The summed E-state index contributed by atoms with van der Waals surface area (Å²) in [5, 5.41) is 8.18. The molecule has 2 aromatic carbocycles. The molecule has 7 nitrogen and oxygen atoms in total. The Bertz CT molecular complexity index is 912. The first kappa shape index (κ1) is 24.1. The Labute approximate surface area is 185 Å². The van der Waals surface area contributed by atoms with E-state index in [9.17, 15) is 18.8 Å². The van der Waals surface area contributed by atoms with Crippen LogP contribution in [0.3, 0.4) is 0 Å². The largest absolute Gasteiger partial charge is 0.444 e. The number of alkyl carbamates (subject to hydrolysis) is 1. The highest BCUT2D eigenvalue weighted by molar-refractivity contribution is 6.30. The van der Waals surface area contributed by atoms with Gasteiger partial charge in [0.1, 0.15) is 24.0 Å². The minimum atomic E-state index is -1.08. The molecule has 31 heavy (non-hydrogen) atoms. The lowest BCUT2D eigenvalue weighted by molar-refractivity contribution is -0.128. The third-order valence-electron chi connectivity index (χ3n) is 3.94. The van der Waals surface area contributed by atoms with Gasteiger partial charge in [-0.1, -0.05) is 35.9 Å². The molecule has 0 bridgehead atoms. The van der Waals surface area contributed by atoms with Crippen LogP contribution in [0.4, 0.5) is 9.18 Å². The van der Waals surface area contributed by atoms with E-state index in [4.69, 9.17) is 16.3 Å². The van der Waals surface area contributed by atoms with Crippen molar-refractivity contribution in [3.05, 3.63) is 70.5 Å². The topological polar surface area (TPSA) is 96.5 Å². The second-order valence-corrected chi connectivity index (χ2v) is 8.19. The van der Waals surface area contributed by atoms with Crippen molar-refractivity contribution in [3.8, 4) is 0 Å². The lowest BCUT2D eigenvalue weighted by atomic mass is 10.1. The van der Waals surface area contributed by atoms with Crippen LogP contribution < -0.4 is 16.0 Å². The molecule has 0 aliphatic heterocycles. The number of rotatable bonds is 7. The van der Waals surface area contributed by atoms with Crippen LogP contribution in [0.5, 0.6) is 0 Å². The number of nitrogens with one attached hydrogen (secondary N) is 3. The number of hydrogen-bond acceptors (Lipinski definition) is 4. The van der Waals surface area contributed by atoms with Gasteiger partial charge in [0.15, 0.2) is 0 Å². The first-order valence-electron chi connectivity index (χ1n) is 9.57. The van der Waals surface area contributed by atoms with Crippen LogP contribution in [0.1, 0.15) is 37.9 Å². The summed E-state index contributed by atoms with van der Waals surface area (Å²) in [6, 6.07) is 11.0. The van der Waals surface area contributed by atoms with E-state index in [0.29, 0.717) is 10.6 Å². The van der Waals surface area contributed by atoms with Gasteiger partial charge in [0.25, 0.3) is 0 Å². The minimum absolute atomic E-state index is 0.208. The molecule has 0 aromatic heterocycles. The molecule has 0 radical (unpaired) electrons. The molecule has 0 aliphatic carbocycles. The monoisotopic (exact) mass is 449 g/mol. The summed E-state index contributed by atoms with van der Waals surface area (Å²) >= 11 is 5.86. The second-order valence-electron chi connectivity index (χ2n) is 7.75. The highest BCUT2D eigenvalue weighted by atomic mass is 35.5. The summed E-state index contributed by atoms with van der Waals surface area (Å²) in [6.45, 7) is 4.91. The number of ether oxygens (including phenoxy) is 1. The first-order valence-corrected chi connectivity index (χ1v) is 9.95. The smallest absolute Gasteiger partial charge is 0.408 e. The molecule has 9 heteroatoms. The Kier molecular flexibility index (Phi) is 8.38. The Hall–Kier alpha value is -3.13. The van der Waals surface area contributed by atoms with Gasteiger partial charge in [-0.3, -0.25) is 9.59 Å². The normalized spacial score (nSPS) is 11.9. The van der Waals surface area contributed by atoms with Crippen LogP contribution in [0.15, 0.2) is 48.5 Å². The Morgan fingerprint density at radius 2 is 1.61 bits per heavy atom. The zero-order valence-corrected chi connectivity index (χ0v) is 18.3. The molecule has 3 N–H and O–H groups in total. The predicted octanol–water partition coefficient (Wildman–Crippen LogP) is 3.48. The van der Waals surface area contributed by atoms with Crippen molar-refractivity contribution in [3.63, 3.8) is 0 Å². The van der Waals surface area contributed by atoms with E-state index in [2.05, 4.69) is 16.0 Å². The van der Waals surface area contributed by atoms with Crippen molar-refractivity contribution in [2.45, 2.75) is 39.0 Å². The highest BCUT2D eigenvalue weighted by Crippen LogP contribution is 2.15. The van der Waals surface area contributed by atoms with Crippen LogP contribution in [-0.4, -0.2) is 30.1 Å². The summed E-state index contributed by atoms with van der Waals surface area (Å²) in [7, 11) is 0. The Morgan fingerprint density at radius 3 is 2.19 bits per heavy atom. The summed E-state index contributed by atoms with van der Waals surface area (Å²) in [6.07, 6.45) is -0.756. The van der Waals surface area contributed by atoms with E-state index in [1.54, 1.807) is 45.0 Å². The summed E-state index contributed by atoms with van der Waals surface area (Å²) in [4.78, 5) is 36.8. The molecule has 3 amide bonds. The van der Waals surface area contributed by atoms with Gasteiger partial charge in [0.2, 0.25) is 11.8 Å². The molecular weight excluding hydrogens is 425 g/mol. The number of amides is 3. The minimum Gasteiger partial charge on any atom is -0.444 e. The molecule has 1 atom stereocenters. The van der Waals surface area contributed by atoms with Gasteiger partial charge in [-0.15, -0.1) is 0 Å². The Morgan fingerprint density at radius 1 is 1.00 bits per heavy atom. The lowest BCUT2D eigenvalue weighted by Gasteiger charge is -2.21. The number of benzene rings is 2. The van der Waals surface area contributed by atoms with Gasteiger partial charge >= 0.3 is 6.09 Å². The third-order valence-corrected chi connectivity index (χ3v) is 4.19. The lowest BCUT2D eigenvalue weighted by Crippen LogP contribution is -2.45. The van der Waals surface area contributed by atoms with Gasteiger partial charge in [-0.05, 0) is 56.2 Å². The fraction of sp³-hybridized carbons (Fsp3) is 0.318. The predicted molar refractivity (Wildman–Crippen MR) is 115 cm³/mol. The quantitative estimate of drug-likeness (QED) is 0.603. The summed E-state index contributed by atoms with van der Waals surface area (Å²) in [5.74, 6) is -1.57. The molecule has 0 saturated carbocycles. The Balaban J connectivity index is 2.03. The van der Waals surface area contributed by atoms with Crippen LogP contribution in [-0.2, 0) is 20.9 Å². The van der Waals surface area contributed by atoms with Gasteiger partial charge < -0.3 is 20.7 Å². The molecule has 0 fully saturated rings. The van der Waals surface area contributed by atoms with Crippen molar-refractivity contribution in [1.82, 2.24) is 16.0 Å². The molecule has 0 saturated heterocycles. The number of carbonyl (C=O) groups is 3. The van der Waals surface area contributed by atoms with Crippen molar-refractivity contribution < 1.29 is 23.5 Å². The maximum atomic E-state index is 13.3. The molecule has 0 spiro atoms. The van der Waals surface area contributed by atoms with E-state index in [0.717, 1.165) is 5.56 Å². The molecular formula is C22H25ClFN3O4. The number of halogens is 2. The van der Waals surface area contributed by atoms with E-state index < -0.39 is 41.9 Å². The van der Waals surface area contributed by atoms with Crippen molar-refractivity contribution >= 4 is 29.5 Å². The number of hydrogen-bond donors (Lipinski definition) is 3. The SMILES string of the molecule is CC(C)(C)OC(=O)NCC(=O)NC(C(=O)NCc1ccc(Cl)cc1)c1ccc(F)cc1. The molecule has 166 valence electrons. The number of carbonyl (C=O) groups excluding carboxylic acids is 3. The fourth-order valence-corrected chi connectivity index (χ4v) is 2.65. The van der Waals surface area contributed by atoms with E-state index in [-0.39, 0.29) is 6.54 Å². The van der Waals surface area contributed by atoms with Crippen molar-refractivity contribution in [2.75, 3.05) is 6.54 Å². The van der Waals surface area contributed by atoms with E-state index in [1.807, 2.05) is 0 Å². The molecule has 2 rings (SSSR count). The summed E-state index contributed by atoms with van der Waals surface area (Å²) in [5.41, 5.74) is 0.493. The van der Waals surface area contributed by atoms with Crippen molar-refractivity contribution in [2.24, 2.45) is 0 Å². The zero-order chi connectivity index (χ0) is 23.0. The molecule has 0 aliphatic rings. The van der Waals surface area contributed by atoms with Gasteiger partial charge in [0, 0.05) is 11.6 Å². The summed E-state index contributed by atoms with van der Waals surface area (Å²) < 4.78 is 18.4. The first-order chi connectivity index (χ1) is 14.5. The molecule has 2 aromatic rings. The maximum Gasteiger partial charge on any atom is 0.408 e. The second kappa shape index (κ2) is 10.8. The standard InChI is InChI=1S/C22H25ClFN3O4/c1-22(2,3)31-21(30)26-13-18(28)27-19(15-6-10-17(24)11-7-15)20(29)25-12-14-4-8-16(23)9-5-14/h4-11,19H,12-13H2,1-3H3,(H,25,29)(H,26,30)(H,27,28). The fourth-order valence-electron chi connectivity index (χ4n) is 2.53. The highest BCUT2D eigenvalue weighted by Gasteiger charge is 2.23. The average molecular weight is 450 g/mol. The van der Waals surface area contributed by atoms with Gasteiger partial charge in [-0.25, -0.2) is 9.18 Å². The van der Waals surface area contributed by atoms with Crippen LogP contribution in [0, 0.1) is 5.82 Å². The zero-order valence-electron chi connectivity index (χ0n) is 17.5. The maximum absolute atomic E-state index is 13.3. The van der Waals surface area contributed by atoms with Crippen LogP contribution in [0.25, 0.3) is 0 Å².